The van der Waals surface area contributed by atoms with E-state index in [0.717, 1.165) is 10.0 Å². The molecule has 0 aliphatic carbocycles. The molecule has 0 aliphatic rings. The van der Waals surface area contributed by atoms with Crippen LogP contribution in [-0.4, -0.2) is 71.5 Å². The normalized spacial score (nSPS) is 10.8. The number of benzene rings is 1. The molecule has 0 fully saturated rings. The molecule has 0 saturated heterocycles. The van der Waals surface area contributed by atoms with Gasteiger partial charge in [-0.05, 0) is 17.3 Å². The van der Waals surface area contributed by atoms with Gasteiger partial charge < -0.3 is 14.4 Å². The molecule has 0 N–H and O–H groups in total. The Bertz CT molecular complexity index is 656. The lowest BCUT2D eigenvalue weighted by molar-refractivity contribution is -0.133. The number of methoxy groups -OCH3 is 2. The first kappa shape index (κ1) is 18.5. The number of amides is 1. The van der Waals surface area contributed by atoms with Gasteiger partial charge in [-0.1, -0.05) is 28.1 Å². The summed E-state index contributed by atoms with van der Waals surface area (Å²) in [6.07, 6.45) is 0. The minimum atomic E-state index is -0.111. The molecule has 2 aromatic rings. The molecule has 2 rings (SSSR count). The van der Waals surface area contributed by atoms with E-state index >= 15 is 0 Å². The third-order valence-corrected chi connectivity index (χ3v) is 4.02. The molecule has 130 valence electrons. The molecule has 0 spiro atoms. The smallest absolute Gasteiger partial charge is 0.246 e. The molecule has 1 heterocycles. The number of rotatable bonds is 9. The van der Waals surface area contributed by atoms with Gasteiger partial charge in [-0.25, -0.2) is 0 Å². The second-order valence-corrected chi connectivity index (χ2v) is 5.84. The topological polar surface area (TPSA) is 82.4 Å². The van der Waals surface area contributed by atoms with Crippen LogP contribution in [0.4, 0.5) is 0 Å². The van der Waals surface area contributed by atoms with Gasteiger partial charge in [0.05, 0.1) is 13.2 Å². The SMILES string of the molecule is COCCN(CCOC)C(=O)Cn1nnc(-c2ccccc2Br)n1. The fraction of sp³-hybridized carbons (Fsp3) is 0.467. The maximum absolute atomic E-state index is 12.4. The van der Waals surface area contributed by atoms with E-state index in [1.54, 1.807) is 19.1 Å². The van der Waals surface area contributed by atoms with Crippen LogP contribution >= 0.6 is 15.9 Å². The van der Waals surface area contributed by atoms with E-state index in [1.807, 2.05) is 24.3 Å². The monoisotopic (exact) mass is 397 g/mol. The van der Waals surface area contributed by atoms with Gasteiger partial charge in [0.1, 0.15) is 6.54 Å². The fourth-order valence-corrected chi connectivity index (χ4v) is 2.51. The number of carbonyl (C=O) groups excluding carboxylic acids is 1. The van der Waals surface area contributed by atoms with Gasteiger partial charge in [-0.2, -0.15) is 4.80 Å². The molecule has 0 unspecified atom stereocenters. The number of carbonyl (C=O) groups is 1. The highest BCUT2D eigenvalue weighted by Gasteiger charge is 2.16. The molecule has 9 heteroatoms. The summed E-state index contributed by atoms with van der Waals surface area (Å²) in [7, 11) is 3.20. The summed E-state index contributed by atoms with van der Waals surface area (Å²) in [5.41, 5.74) is 0.826. The van der Waals surface area contributed by atoms with E-state index in [0.29, 0.717) is 32.1 Å². The quantitative estimate of drug-likeness (QED) is 0.632. The van der Waals surface area contributed by atoms with Crippen molar-refractivity contribution in [1.29, 1.82) is 0 Å². The zero-order valence-corrected chi connectivity index (χ0v) is 15.3. The molecule has 1 amide bonds. The van der Waals surface area contributed by atoms with Crippen LogP contribution in [0.2, 0.25) is 0 Å². The summed E-state index contributed by atoms with van der Waals surface area (Å²) in [4.78, 5) is 15.4. The van der Waals surface area contributed by atoms with Crippen molar-refractivity contribution in [3.63, 3.8) is 0 Å². The first-order valence-electron chi connectivity index (χ1n) is 7.44. The van der Waals surface area contributed by atoms with E-state index in [4.69, 9.17) is 9.47 Å². The molecule has 1 aromatic heterocycles. The molecule has 8 nitrogen and oxygen atoms in total. The largest absolute Gasteiger partial charge is 0.383 e. The van der Waals surface area contributed by atoms with Crippen molar-refractivity contribution in [1.82, 2.24) is 25.1 Å². The molecule has 0 aliphatic heterocycles. The van der Waals surface area contributed by atoms with E-state index in [1.165, 1.54) is 4.80 Å². The van der Waals surface area contributed by atoms with Gasteiger partial charge in [-0.3, -0.25) is 4.79 Å². The van der Waals surface area contributed by atoms with Crippen LogP contribution in [0.5, 0.6) is 0 Å². The Morgan fingerprint density at radius 1 is 1.21 bits per heavy atom. The van der Waals surface area contributed by atoms with Crippen LogP contribution in [-0.2, 0) is 20.8 Å². The first-order chi connectivity index (χ1) is 11.7. The minimum absolute atomic E-state index is 0.0187. The van der Waals surface area contributed by atoms with Gasteiger partial charge in [0.15, 0.2) is 0 Å². The average Bonchev–Trinajstić information content (AvgIpc) is 3.03. The van der Waals surface area contributed by atoms with E-state index < -0.39 is 0 Å². The molecular weight excluding hydrogens is 378 g/mol. The second-order valence-electron chi connectivity index (χ2n) is 4.99. The van der Waals surface area contributed by atoms with E-state index in [-0.39, 0.29) is 12.5 Å². The van der Waals surface area contributed by atoms with Crippen LogP contribution in [0, 0.1) is 0 Å². The highest BCUT2D eigenvalue weighted by atomic mass is 79.9. The van der Waals surface area contributed by atoms with Crippen molar-refractivity contribution in [3.05, 3.63) is 28.7 Å². The summed E-state index contributed by atoms with van der Waals surface area (Å²) >= 11 is 3.45. The van der Waals surface area contributed by atoms with Gasteiger partial charge in [0.25, 0.3) is 0 Å². The lowest BCUT2D eigenvalue weighted by Gasteiger charge is -2.21. The number of halogens is 1. The number of tetrazole rings is 1. The molecule has 1 aromatic carbocycles. The van der Waals surface area contributed by atoms with Gasteiger partial charge in [0.2, 0.25) is 11.7 Å². The summed E-state index contributed by atoms with van der Waals surface area (Å²) in [6, 6.07) is 7.59. The summed E-state index contributed by atoms with van der Waals surface area (Å²) in [6.45, 7) is 1.92. The zero-order valence-electron chi connectivity index (χ0n) is 13.7. The van der Waals surface area contributed by atoms with Crippen molar-refractivity contribution < 1.29 is 14.3 Å². The Morgan fingerprint density at radius 3 is 2.50 bits per heavy atom. The minimum Gasteiger partial charge on any atom is -0.383 e. The molecule has 0 atom stereocenters. The van der Waals surface area contributed by atoms with Crippen molar-refractivity contribution in [2.75, 3.05) is 40.5 Å². The van der Waals surface area contributed by atoms with Crippen LogP contribution in [0.15, 0.2) is 28.7 Å². The third-order valence-electron chi connectivity index (χ3n) is 3.33. The Kier molecular flexibility index (Phi) is 7.29. The highest BCUT2D eigenvalue weighted by Crippen LogP contribution is 2.24. The number of aromatic nitrogens is 4. The Balaban J connectivity index is 2.04. The van der Waals surface area contributed by atoms with Crippen LogP contribution in [0.25, 0.3) is 11.4 Å². The maximum atomic E-state index is 12.4. The van der Waals surface area contributed by atoms with Crippen LogP contribution in [0.3, 0.4) is 0 Å². The Labute approximate surface area is 148 Å². The van der Waals surface area contributed by atoms with Gasteiger partial charge in [-0.15, -0.1) is 10.2 Å². The molecule has 0 radical (unpaired) electrons. The van der Waals surface area contributed by atoms with Crippen LogP contribution in [0.1, 0.15) is 0 Å². The summed E-state index contributed by atoms with van der Waals surface area (Å²) in [5, 5.41) is 12.3. The van der Waals surface area contributed by atoms with E-state index in [2.05, 4.69) is 31.3 Å². The third kappa shape index (κ3) is 5.08. The average molecular weight is 398 g/mol. The highest BCUT2D eigenvalue weighted by molar-refractivity contribution is 9.10. The Hall–Kier alpha value is -1.84. The van der Waals surface area contributed by atoms with Crippen molar-refractivity contribution in [2.24, 2.45) is 0 Å². The van der Waals surface area contributed by atoms with Gasteiger partial charge >= 0.3 is 0 Å². The predicted octanol–water partition coefficient (Wildman–Crippen LogP) is 1.22. The standard InChI is InChI=1S/C15H20BrN5O3/c1-23-9-7-20(8-10-24-2)14(22)11-21-18-15(17-19-21)12-5-3-4-6-13(12)16/h3-6H,7-11H2,1-2H3. The number of hydrogen-bond donors (Lipinski definition) is 0. The lowest BCUT2D eigenvalue weighted by Crippen LogP contribution is -2.39. The summed E-state index contributed by atoms with van der Waals surface area (Å²) in [5.74, 6) is 0.357. The molecule has 0 bridgehead atoms. The number of ether oxygens (including phenoxy) is 2. The van der Waals surface area contributed by atoms with Crippen molar-refractivity contribution in [2.45, 2.75) is 6.54 Å². The maximum Gasteiger partial charge on any atom is 0.246 e. The molecule has 24 heavy (non-hydrogen) atoms. The lowest BCUT2D eigenvalue weighted by atomic mass is 10.2. The summed E-state index contributed by atoms with van der Waals surface area (Å²) < 4.78 is 10.9. The first-order valence-corrected chi connectivity index (χ1v) is 8.23. The predicted molar refractivity (Wildman–Crippen MR) is 91.3 cm³/mol. The van der Waals surface area contributed by atoms with Crippen molar-refractivity contribution >= 4 is 21.8 Å². The zero-order chi connectivity index (χ0) is 17.4. The van der Waals surface area contributed by atoms with Crippen LogP contribution < -0.4 is 0 Å². The van der Waals surface area contributed by atoms with Crippen molar-refractivity contribution in [3.8, 4) is 11.4 Å². The molecule has 0 saturated carbocycles. The Morgan fingerprint density at radius 2 is 1.88 bits per heavy atom. The second kappa shape index (κ2) is 9.45. The molecular formula is C15H20BrN5O3. The number of nitrogens with zero attached hydrogens (tertiary/aromatic N) is 5. The van der Waals surface area contributed by atoms with Gasteiger partial charge in [0, 0.05) is 37.3 Å². The fourth-order valence-electron chi connectivity index (χ4n) is 2.05. The number of hydrogen-bond acceptors (Lipinski definition) is 6. The van der Waals surface area contributed by atoms with E-state index in [9.17, 15) is 4.79 Å².